The first-order valence-electron chi connectivity index (χ1n) is 7.95. The fourth-order valence-corrected chi connectivity index (χ4v) is 2.87. The van der Waals surface area contributed by atoms with E-state index < -0.39 is 0 Å². The Bertz CT molecular complexity index is 450. The number of piperazine rings is 1. The van der Waals surface area contributed by atoms with Crippen molar-refractivity contribution in [3.63, 3.8) is 0 Å². The van der Waals surface area contributed by atoms with E-state index in [0.717, 1.165) is 38.4 Å². The molecule has 21 heavy (non-hydrogen) atoms. The van der Waals surface area contributed by atoms with E-state index in [9.17, 15) is 4.79 Å². The van der Waals surface area contributed by atoms with Gasteiger partial charge in [0.05, 0.1) is 0 Å². The van der Waals surface area contributed by atoms with E-state index in [4.69, 9.17) is 5.73 Å². The maximum absolute atomic E-state index is 12.4. The van der Waals surface area contributed by atoms with E-state index in [-0.39, 0.29) is 11.8 Å². The van der Waals surface area contributed by atoms with Gasteiger partial charge in [-0.3, -0.25) is 9.69 Å². The Morgan fingerprint density at radius 1 is 1.19 bits per heavy atom. The van der Waals surface area contributed by atoms with E-state index in [2.05, 4.69) is 18.7 Å². The summed E-state index contributed by atoms with van der Waals surface area (Å²) in [4.78, 5) is 16.8. The maximum atomic E-state index is 12.4. The van der Waals surface area contributed by atoms with Crippen LogP contribution in [0.25, 0.3) is 0 Å². The Labute approximate surface area is 127 Å². The van der Waals surface area contributed by atoms with E-state index in [1.165, 1.54) is 12.0 Å². The third-order valence-corrected chi connectivity index (χ3v) is 4.25. The molecule has 0 spiro atoms. The van der Waals surface area contributed by atoms with Crippen LogP contribution >= 0.6 is 0 Å². The Hall–Kier alpha value is -1.55. The van der Waals surface area contributed by atoms with Crippen molar-refractivity contribution >= 4 is 11.6 Å². The molecule has 0 aliphatic carbocycles. The fourth-order valence-electron chi connectivity index (χ4n) is 2.87. The van der Waals surface area contributed by atoms with Crippen LogP contribution in [0, 0.1) is 0 Å². The summed E-state index contributed by atoms with van der Waals surface area (Å²) in [6, 6.07) is 7.85. The predicted octanol–water partition coefficient (Wildman–Crippen LogP) is 2.32. The molecule has 0 radical (unpaired) electrons. The molecule has 1 aliphatic rings. The van der Waals surface area contributed by atoms with Crippen LogP contribution < -0.4 is 5.73 Å². The smallest absolute Gasteiger partial charge is 0.223 e. The third kappa shape index (κ3) is 4.46. The number of nitrogen functional groups attached to an aromatic ring is 1. The first-order valence-corrected chi connectivity index (χ1v) is 7.95. The summed E-state index contributed by atoms with van der Waals surface area (Å²) < 4.78 is 0. The maximum Gasteiger partial charge on any atom is 0.223 e. The number of nitrogens with two attached hydrogens (primary N) is 1. The first-order chi connectivity index (χ1) is 10.1. The Morgan fingerprint density at radius 3 is 2.38 bits per heavy atom. The number of hydrogen-bond acceptors (Lipinski definition) is 3. The van der Waals surface area contributed by atoms with Gasteiger partial charge in [-0.1, -0.05) is 26.0 Å². The lowest BCUT2D eigenvalue weighted by Crippen LogP contribution is -2.48. The molecule has 2 rings (SSSR count). The fraction of sp³-hybridized carbons (Fsp3) is 0.588. The van der Waals surface area contributed by atoms with Gasteiger partial charge in [0.25, 0.3) is 0 Å². The number of anilines is 1. The van der Waals surface area contributed by atoms with Crippen LogP contribution in [0.15, 0.2) is 24.3 Å². The molecular formula is C17H27N3O. The highest BCUT2D eigenvalue weighted by atomic mass is 16.2. The molecule has 4 heteroatoms. The van der Waals surface area contributed by atoms with Crippen LogP contribution in [0.1, 0.15) is 38.2 Å². The summed E-state index contributed by atoms with van der Waals surface area (Å²) in [6.07, 6.45) is 1.76. The van der Waals surface area contributed by atoms with Crippen molar-refractivity contribution in [3.05, 3.63) is 29.8 Å². The minimum absolute atomic E-state index is 0.242. The van der Waals surface area contributed by atoms with Gasteiger partial charge >= 0.3 is 0 Å². The van der Waals surface area contributed by atoms with Gasteiger partial charge in [-0.15, -0.1) is 0 Å². The molecule has 1 heterocycles. The SMILES string of the molecule is CCCN1CCN(C(=O)CC(C)c2ccc(N)cc2)CC1. The molecule has 116 valence electrons. The lowest BCUT2D eigenvalue weighted by atomic mass is 9.97. The van der Waals surface area contributed by atoms with Crippen LogP contribution in [0.3, 0.4) is 0 Å². The number of amides is 1. The monoisotopic (exact) mass is 289 g/mol. The van der Waals surface area contributed by atoms with E-state index in [1.54, 1.807) is 0 Å². The molecule has 1 aliphatic heterocycles. The molecule has 1 aromatic rings. The molecule has 1 aromatic carbocycles. The molecule has 1 saturated heterocycles. The minimum atomic E-state index is 0.242. The second kappa shape index (κ2) is 7.46. The van der Waals surface area contributed by atoms with E-state index in [1.807, 2.05) is 29.2 Å². The van der Waals surface area contributed by atoms with Gasteiger partial charge in [0.1, 0.15) is 0 Å². The zero-order chi connectivity index (χ0) is 15.2. The molecular weight excluding hydrogens is 262 g/mol. The van der Waals surface area contributed by atoms with Gasteiger partial charge in [0, 0.05) is 38.3 Å². The number of benzene rings is 1. The van der Waals surface area contributed by atoms with Gasteiger partial charge in [-0.2, -0.15) is 0 Å². The third-order valence-electron chi connectivity index (χ3n) is 4.25. The molecule has 1 amide bonds. The zero-order valence-corrected chi connectivity index (χ0v) is 13.2. The van der Waals surface area contributed by atoms with Crippen molar-refractivity contribution in [3.8, 4) is 0 Å². The van der Waals surface area contributed by atoms with Gasteiger partial charge in [0.15, 0.2) is 0 Å². The first kappa shape index (κ1) is 15.8. The largest absolute Gasteiger partial charge is 0.399 e. The Morgan fingerprint density at radius 2 is 1.81 bits per heavy atom. The van der Waals surface area contributed by atoms with Crippen molar-refractivity contribution in [2.75, 3.05) is 38.5 Å². The summed E-state index contributed by atoms with van der Waals surface area (Å²) in [5.41, 5.74) is 7.65. The summed E-state index contributed by atoms with van der Waals surface area (Å²) in [5.74, 6) is 0.516. The molecule has 2 N–H and O–H groups in total. The van der Waals surface area contributed by atoms with Gasteiger partial charge in [0.2, 0.25) is 5.91 Å². The predicted molar refractivity (Wildman–Crippen MR) is 87.2 cm³/mol. The molecule has 0 saturated carbocycles. The summed E-state index contributed by atoms with van der Waals surface area (Å²) in [5, 5.41) is 0. The quantitative estimate of drug-likeness (QED) is 0.846. The van der Waals surface area contributed by atoms with Gasteiger partial charge in [-0.25, -0.2) is 0 Å². The number of nitrogens with zero attached hydrogens (tertiary/aromatic N) is 2. The highest BCUT2D eigenvalue weighted by Crippen LogP contribution is 2.21. The number of carbonyl (C=O) groups excluding carboxylic acids is 1. The second-order valence-electron chi connectivity index (χ2n) is 5.99. The van der Waals surface area contributed by atoms with Gasteiger partial charge < -0.3 is 10.6 Å². The van der Waals surface area contributed by atoms with E-state index in [0.29, 0.717) is 6.42 Å². The number of rotatable bonds is 5. The van der Waals surface area contributed by atoms with Crippen LogP contribution in [0.4, 0.5) is 5.69 Å². The summed E-state index contributed by atoms with van der Waals surface area (Å²) in [7, 11) is 0. The molecule has 0 bridgehead atoms. The molecule has 1 fully saturated rings. The van der Waals surface area contributed by atoms with Crippen molar-refractivity contribution in [1.82, 2.24) is 9.80 Å². The molecule has 4 nitrogen and oxygen atoms in total. The summed E-state index contributed by atoms with van der Waals surface area (Å²) >= 11 is 0. The van der Waals surface area contributed by atoms with Crippen LogP contribution in [-0.4, -0.2) is 48.4 Å². The number of hydrogen-bond donors (Lipinski definition) is 1. The summed E-state index contributed by atoms with van der Waals surface area (Å²) in [6.45, 7) is 9.21. The lowest BCUT2D eigenvalue weighted by Gasteiger charge is -2.35. The van der Waals surface area contributed by atoms with Crippen LogP contribution in [0.2, 0.25) is 0 Å². The molecule has 1 unspecified atom stereocenters. The molecule has 1 atom stereocenters. The van der Waals surface area contributed by atoms with Crippen molar-refractivity contribution in [1.29, 1.82) is 0 Å². The second-order valence-corrected chi connectivity index (χ2v) is 5.99. The Kier molecular flexibility index (Phi) is 5.62. The van der Waals surface area contributed by atoms with E-state index >= 15 is 0 Å². The number of carbonyl (C=O) groups is 1. The minimum Gasteiger partial charge on any atom is -0.399 e. The average Bonchev–Trinajstić information content (AvgIpc) is 2.49. The zero-order valence-electron chi connectivity index (χ0n) is 13.2. The van der Waals surface area contributed by atoms with Crippen molar-refractivity contribution < 1.29 is 4.79 Å². The average molecular weight is 289 g/mol. The topological polar surface area (TPSA) is 49.6 Å². The van der Waals surface area contributed by atoms with Crippen LogP contribution in [-0.2, 0) is 4.79 Å². The highest BCUT2D eigenvalue weighted by Gasteiger charge is 2.22. The highest BCUT2D eigenvalue weighted by molar-refractivity contribution is 5.77. The standard InChI is InChI=1S/C17H27N3O/c1-3-8-19-9-11-20(12-10-19)17(21)13-14(2)15-4-6-16(18)7-5-15/h4-7,14H,3,8-13,18H2,1-2H3. The normalized spacial score (nSPS) is 17.7. The van der Waals surface area contributed by atoms with Crippen LogP contribution in [0.5, 0.6) is 0 Å². The van der Waals surface area contributed by atoms with Crippen molar-refractivity contribution in [2.45, 2.75) is 32.6 Å². The Balaban J connectivity index is 1.83. The lowest BCUT2D eigenvalue weighted by molar-refractivity contribution is -0.133. The molecule has 0 aromatic heterocycles. The van der Waals surface area contributed by atoms with Gasteiger partial charge in [-0.05, 0) is 36.6 Å². The van der Waals surface area contributed by atoms with Crippen molar-refractivity contribution in [2.24, 2.45) is 0 Å².